The van der Waals surface area contributed by atoms with Crippen molar-refractivity contribution in [3.63, 3.8) is 0 Å². The highest BCUT2D eigenvalue weighted by Gasteiger charge is 2.54. The molecule has 0 saturated carbocycles. The zero-order valence-electron chi connectivity index (χ0n) is 27.9. The van der Waals surface area contributed by atoms with Crippen LogP contribution >= 0.6 is 11.6 Å². The first-order valence-corrected chi connectivity index (χ1v) is 17.1. The second-order valence-corrected chi connectivity index (χ2v) is 16.3. The van der Waals surface area contributed by atoms with Crippen LogP contribution in [0.25, 0.3) is 0 Å². The average Bonchev–Trinajstić information content (AvgIpc) is 3.70. The maximum absolute atomic E-state index is 15.1. The van der Waals surface area contributed by atoms with E-state index in [1.807, 2.05) is 25.7 Å². The van der Waals surface area contributed by atoms with Crippen LogP contribution in [0.1, 0.15) is 94.4 Å². The molecule has 4 atom stereocenters. The van der Waals surface area contributed by atoms with Gasteiger partial charge in [-0.05, 0) is 99.1 Å². The van der Waals surface area contributed by atoms with Gasteiger partial charge in [0.05, 0.1) is 17.9 Å². The molecule has 2 aromatic rings. The lowest BCUT2D eigenvalue weighted by molar-refractivity contribution is -0.141. The summed E-state index contributed by atoms with van der Waals surface area (Å²) in [5.74, 6) is -2.11. The molecule has 4 aliphatic rings. The number of hydrogen-bond donors (Lipinski definition) is 0. The molecule has 0 N–H and O–H groups in total. The topological polar surface area (TPSA) is 43.9 Å². The molecule has 1 spiro atoms. The van der Waals surface area contributed by atoms with Gasteiger partial charge in [0.15, 0.2) is 0 Å². The Bertz CT molecular complexity index is 1530. The minimum atomic E-state index is -0.973. The summed E-state index contributed by atoms with van der Waals surface area (Å²) in [4.78, 5) is 33.9. The number of piperidine rings is 1. The third-order valence-corrected chi connectivity index (χ3v) is 12.1. The molecule has 1 aliphatic carbocycles. The fourth-order valence-corrected chi connectivity index (χ4v) is 8.91. The quantitative estimate of drug-likeness (QED) is 0.345. The van der Waals surface area contributed by atoms with Gasteiger partial charge in [-0.1, -0.05) is 37.6 Å². The van der Waals surface area contributed by atoms with Gasteiger partial charge in [0.2, 0.25) is 11.8 Å². The molecular weight excluding hydrogens is 611 g/mol. The predicted octanol–water partition coefficient (Wildman–Crippen LogP) is 7.38. The number of rotatable bonds is 4. The first-order chi connectivity index (χ1) is 21.5. The van der Waals surface area contributed by atoms with E-state index in [9.17, 15) is 18.4 Å². The minimum absolute atomic E-state index is 0.00966. The summed E-state index contributed by atoms with van der Waals surface area (Å²) in [6.45, 7) is 15.0. The maximum Gasteiger partial charge on any atom is 0.228 e. The summed E-state index contributed by atoms with van der Waals surface area (Å²) >= 11 is 6.71. The van der Waals surface area contributed by atoms with Crippen molar-refractivity contribution >= 4 is 23.4 Å². The molecule has 3 heterocycles. The second-order valence-electron chi connectivity index (χ2n) is 15.9. The van der Waals surface area contributed by atoms with Crippen LogP contribution in [-0.2, 0) is 15.0 Å². The largest absolute Gasteiger partial charge is 0.342 e. The van der Waals surface area contributed by atoms with Crippen molar-refractivity contribution in [2.45, 2.75) is 96.2 Å². The number of carbonyl (C=O) groups excluding carboxylic acids is 2. The van der Waals surface area contributed by atoms with Crippen LogP contribution in [0.2, 0.25) is 5.02 Å². The van der Waals surface area contributed by atoms with Gasteiger partial charge in [-0.3, -0.25) is 14.5 Å². The van der Waals surface area contributed by atoms with Gasteiger partial charge in [-0.2, -0.15) is 0 Å². The first-order valence-electron chi connectivity index (χ1n) is 16.7. The summed E-state index contributed by atoms with van der Waals surface area (Å²) in [7, 11) is 0. The van der Waals surface area contributed by atoms with Crippen LogP contribution in [0, 0.1) is 29.9 Å². The maximum atomic E-state index is 15.1. The van der Waals surface area contributed by atoms with Gasteiger partial charge < -0.3 is 9.80 Å². The Balaban J connectivity index is 1.25. The van der Waals surface area contributed by atoms with Crippen LogP contribution in [0.3, 0.4) is 0 Å². The first kappa shape index (κ1) is 33.3. The highest BCUT2D eigenvalue weighted by molar-refractivity contribution is 6.31. The van der Waals surface area contributed by atoms with Gasteiger partial charge in [0.25, 0.3) is 0 Å². The molecule has 6 rings (SSSR count). The highest BCUT2D eigenvalue weighted by atomic mass is 35.5. The Morgan fingerprint density at radius 2 is 1.61 bits per heavy atom. The number of amides is 2. The van der Waals surface area contributed by atoms with E-state index < -0.39 is 29.1 Å². The van der Waals surface area contributed by atoms with Gasteiger partial charge in [-0.25, -0.2) is 13.2 Å². The van der Waals surface area contributed by atoms with E-state index in [2.05, 4.69) is 37.8 Å². The lowest BCUT2D eigenvalue weighted by atomic mass is 9.69. The van der Waals surface area contributed by atoms with E-state index in [4.69, 9.17) is 11.6 Å². The summed E-state index contributed by atoms with van der Waals surface area (Å²) in [6, 6.07) is 7.88. The van der Waals surface area contributed by atoms with Crippen molar-refractivity contribution in [3.8, 4) is 0 Å². The normalized spacial score (nSPS) is 26.7. The Labute approximate surface area is 276 Å². The summed E-state index contributed by atoms with van der Waals surface area (Å²) in [5, 5.41) is 0.693. The number of alkyl halides is 1. The van der Waals surface area contributed by atoms with E-state index in [-0.39, 0.29) is 41.1 Å². The number of fused-ring (bicyclic) bond motifs is 2. The molecule has 2 amide bonds. The summed E-state index contributed by atoms with van der Waals surface area (Å²) in [6.07, 6.45) is 1.63. The molecule has 250 valence electrons. The number of likely N-dealkylation sites (tertiary alicyclic amines) is 3. The highest BCUT2D eigenvalue weighted by Crippen LogP contribution is 2.58. The number of hydrogen-bond acceptors (Lipinski definition) is 3. The van der Waals surface area contributed by atoms with E-state index in [1.165, 1.54) is 12.1 Å². The Morgan fingerprint density at radius 3 is 2.22 bits per heavy atom. The zero-order chi connectivity index (χ0) is 33.3. The molecule has 46 heavy (non-hydrogen) atoms. The van der Waals surface area contributed by atoms with Crippen molar-refractivity contribution in [2.75, 3.05) is 39.3 Å². The molecule has 0 unspecified atom stereocenters. The van der Waals surface area contributed by atoms with Crippen molar-refractivity contribution in [1.82, 2.24) is 14.7 Å². The second kappa shape index (κ2) is 11.8. The fraction of sp³-hybridized carbons (Fsp3) is 0.622. The SMILES string of the molecule is Cc1cc2c(cc1Cl)C1(CCN(C(=O)[C@@H]3CN(C(C)(C)C)C[C@H]3c3ccc(F)cc3F)CC1)C[C@@H]2C(C)(C)C(=O)N1CC[C@H](F)C1. The van der Waals surface area contributed by atoms with Gasteiger partial charge in [-0.15, -0.1) is 0 Å². The van der Waals surface area contributed by atoms with Crippen molar-refractivity contribution in [1.29, 1.82) is 0 Å². The Hall–Kier alpha value is -2.58. The monoisotopic (exact) mass is 657 g/mol. The predicted molar refractivity (Wildman–Crippen MR) is 175 cm³/mol. The summed E-state index contributed by atoms with van der Waals surface area (Å²) in [5.41, 5.74) is 2.47. The lowest BCUT2D eigenvalue weighted by Gasteiger charge is -2.42. The number of benzene rings is 2. The van der Waals surface area contributed by atoms with E-state index in [0.29, 0.717) is 49.7 Å². The van der Waals surface area contributed by atoms with Crippen molar-refractivity contribution in [3.05, 3.63) is 69.2 Å². The molecule has 3 fully saturated rings. The van der Waals surface area contributed by atoms with Crippen LogP contribution in [0.4, 0.5) is 13.2 Å². The van der Waals surface area contributed by atoms with E-state index >= 15 is 4.39 Å². The Kier molecular flexibility index (Phi) is 8.57. The number of carbonyl (C=O) groups is 2. The third-order valence-electron chi connectivity index (χ3n) is 11.7. The molecule has 0 aromatic heterocycles. The van der Waals surface area contributed by atoms with E-state index in [0.717, 1.165) is 42.0 Å². The number of nitrogens with zero attached hydrogens (tertiary/aromatic N) is 3. The molecule has 5 nitrogen and oxygen atoms in total. The molecule has 0 bridgehead atoms. The number of halogens is 4. The average molecular weight is 658 g/mol. The summed E-state index contributed by atoms with van der Waals surface area (Å²) < 4.78 is 43.0. The van der Waals surface area contributed by atoms with Crippen molar-refractivity contribution in [2.24, 2.45) is 11.3 Å². The number of aryl methyl sites for hydroxylation is 1. The third kappa shape index (κ3) is 5.76. The van der Waals surface area contributed by atoms with Gasteiger partial charge in [0, 0.05) is 55.3 Å². The molecule has 9 heteroatoms. The molecular formula is C37H47ClF3N3O2. The molecule has 3 aliphatic heterocycles. The molecule has 2 aromatic carbocycles. The molecule has 3 saturated heterocycles. The molecule has 0 radical (unpaired) electrons. The van der Waals surface area contributed by atoms with Crippen molar-refractivity contribution < 1.29 is 22.8 Å². The zero-order valence-corrected chi connectivity index (χ0v) is 28.7. The van der Waals surface area contributed by atoms with Crippen LogP contribution in [0.15, 0.2) is 30.3 Å². The standard InChI is InChI=1S/C37H47ClF3N3O2/c1-22-15-26-29(17-31(22)38)37(18-30(26)36(5,6)34(46)43-12-9-24(40)19-43)10-13-42(14-11-37)33(45)28-21-44(35(2,3)4)20-27(28)25-8-7-23(39)16-32(25)41/h7-8,15-17,24,27-28,30H,9-14,18-21H2,1-6H3/t24-,27-,28+,30-/m0/s1. The Morgan fingerprint density at radius 1 is 0.913 bits per heavy atom. The van der Waals surface area contributed by atoms with Crippen LogP contribution < -0.4 is 0 Å². The fourth-order valence-electron chi connectivity index (χ4n) is 8.75. The van der Waals surface area contributed by atoms with E-state index in [1.54, 1.807) is 4.90 Å². The van der Waals surface area contributed by atoms with Gasteiger partial charge >= 0.3 is 0 Å². The lowest BCUT2D eigenvalue weighted by Crippen LogP contribution is -2.48. The minimum Gasteiger partial charge on any atom is -0.342 e. The van der Waals surface area contributed by atoms with Gasteiger partial charge in [0.1, 0.15) is 17.8 Å². The van der Waals surface area contributed by atoms with Crippen LogP contribution in [-0.4, -0.2) is 77.5 Å². The van der Waals surface area contributed by atoms with Crippen LogP contribution in [0.5, 0.6) is 0 Å². The smallest absolute Gasteiger partial charge is 0.228 e.